The molecule has 0 bridgehead atoms. The van der Waals surface area contributed by atoms with Crippen LogP contribution in [-0.2, 0) is 0 Å². The van der Waals surface area contributed by atoms with Gasteiger partial charge in [-0.1, -0.05) is 19.3 Å². The highest BCUT2D eigenvalue weighted by Gasteiger charge is 2.15. The molecule has 100 valence electrons. The fourth-order valence-corrected chi connectivity index (χ4v) is 2.77. The number of aromatic amines is 1. The lowest BCUT2D eigenvalue weighted by molar-refractivity contribution is 0.460. The first-order valence-corrected chi connectivity index (χ1v) is 6.81. The van der Waals surface area contributed by atoms with Crippen LogP contribution in [0, 0.1) is 5.82 Å². The molecule has 3 rings (SSSR count). The summed E-state index contributed by atoms with van der Waals surface area (Å²) in [6.45, 7) is 0. The molecule has 0 spiro atoms. The van der Waals surface area contributed by atoms with Gasteiger partial charge in [0.25, 0.3) is 0 Å². The third-order valence-electron chi connectivity index (χ3n) is 3.81. The van der Waals surface area contributed by atoms with E-state index < -0.39 is 0 Å². The molecule has 0 saturated heterocycles. The van der Waals surface area contributed by atoms with Crippen LogP contribution in [-0.4, -0.2) is 11.0 Å². The molecule has 1 heterocycles. The molecule has 2 N–H and O–H groups in total. The number of halogens is 1. The maximum Gasteiger partial charge on any atom is 0.189 e. The van der Waals surface area contributed by atoms with Crippen LogP contribution in [0.5, 0.6) is 0 Å². The molecule has 1 aromatic heterocycles. The van der Waals surface area contributed by atoms with Gasteiger partial charge in [-0.25, -0.2) is 4.39 Å². The average Bonchev–Trinajstić information content (AvgIpc) is 2.42. The van der Waals surface area contributed by atoms with Gasteiger partial charge in [-0.2, -0.15) is 0 Å². The number of nitrogens with one attached hydrogen (secondary N) is 2. The molecule has 1 aliphatic rings. The summed E-state index contributed by atoms with van der Waals surface area (Å²) in [5.41, 5.74) is 1.00. The molecule has 1 fully saturated rings. The predicted octanol–water partition coefficient (Wildman–Crippen LogP) is 3.41. The van der Waals surface area contributed by atoms with Gasteiger partial charge in [-0.3, -0.25) is 4.79 Å². The zero-order valence-electron chi connectivity index (χ0n) is 10.7. The second-order valence-electron chi connectivity index (χ2n) is 5.20. The minimum absolute atomic E-state index is 0.156. The first-order chi connectivity index (χ1) is 9.24. The molecular weight excluding hydrogens is 243 g/mol. The van der Waals surface area contributed by atoms with Crippen molar-refractivity contribution in [3.8, 4) is 0 Å². The van der Waals surface area contributed by atoms with Crippen LogP contribution >= 0.6 is 0 Å². The molecule has 2 aromatic rings. The van der Waals surface area contributed by atoms with E-state index in [9.17, 15) is 9.18 Å². The van der Waals surface area contributed by atoms with Crippen molar-refractivity contribution in [3.63, 3.8) is 0 Å². The lowest BCUT2D eigenvalue weighted by Crippen LogP contribution is -2.22. The highest BCUT2D eigenvalue weighted by Crippen LogP contribution is 2.25. The van der Waals surface area contributed by atoms with Gasteiger partial charge in [-0.05, 0) is 25.0 Å². The Hall–Kier alpha value is -1.84. The van der Waals surface area contributed by atoms with Gasteiger partial charge in [-0.15, -0.1) is 0 Å². The van der Waals surface area contributed by atoms with Gasteiger partial charge in [0.2, 0.25) is 0 Å². The van der Waals surface area contributed by atoms with Crippen molar-refractivity contribution < 1.29 is 4.39 Å². The number of anilines is 1. The molecule has 0 atom stereocenters. The molecule has 1 saturated carbocycles. The summed E-state index contributed by atoms with van der Waals surface area (Å²) in [6, 6.07) is 4.77. The molecular formula is C15H17FN2O. The molecule has 1 aliphatic carbocycles. The van der Waals surface area contributed by atoms with E-state index in [1.54, 1.807) is 12.3 Å². The molecule has 3 nitrogen and oxygen atoms in total. The molecule has 4 heteroatoms. The van der Waals surface area contributed by atoms with Crippen molar-refractivity contribution in [1.82, 2.24) is 4.98 Å². The number of pyridine rings is 1. The number of H-pyrrole nitrogens is 1. The van der Waals surface area contributed by atoms with Crippen LogP contribution < -0.4 is 10.7 Å². The summed E-state index contributed by atoms with van der Waals surface area (Å²) < 4.78 is 14.0. The number of aromatic nitrogens is 1. The minimum atomic E-state index is -0.352. The summed E-state index contributed by atoms with van der Waals surface area (Å²) in [7, 11) is 0. The van der Waals surface area contributed by atoms with Gasteiger partial charge in [0, 0.05) is 23.7 Å². The topological polar surface area (TPSA) is 44.9 Å². The summed E-state index contributed by atoms with van der Waals surface area (Å²) in [6.07, 6.45) is 7.43. The SMILES string of the molecule is O=c1cc[nH]c2cc(NC3CCCCC3)c(F)cc12. The van der Waals surface area contributed by atoms with Crippen LogP contribution in [0.25, 0.3) is 10.9 Å². The molecule has 0 radical (unpaired) electrons. The van der Waals surface area contributed by atoms with E-state index in [0.29, 0.717) is 22.6 Å². The van der Waals surface area contributed by atoms with Crippen molar-refractivity contribution in [2.45, 2.75) is 38.1 Å². The van der Waals surface area contributed by atoms with Crippen LogP contribution in [0.15, 0.2) is 29.2 Å². The fraction of sp³-hybridized carbons (Fsp3) is 0.400. The Balaban J connectivity index is 1.95. The van der Waals surface area contributed by atoms with Crippen molar-refractivity contribution in [3.05, 3.63) is 40.4 Å². The Bertz CT molecular complexity index is 644. The zero-order valence-corrected chi connectivity index (χ0v) is 10.7. The first-order valence-electron chi connectivity index (χ1n) is 6.81. The van der Waals surface area contributed by atoms with E-state index in [1.807, 2.05) is 0 Å². The quantitative estimate of drug-likeness (QED) is 0.869. The molecule has 0 unspecified atom stereocenters. The molecule has 1 aromatic carbocycles. The Morgan fingerprint density at radius 3 is 2.79 bits per heavy atom. The second-order valence-corrected chi connectivity index (χ2v) is 5.20. The lowest BCUT2D eigenvalue weighted by atomic mass is 9.95. The first kappa shape index (κ1) is 12.2. The van der Waals surface area contributed by atoms with E-state index >= 15 is 0 Å². The maximum atomic E-state index is 14.0. The number of fused-ring (bicyclic) bond motifs is 1. The maximum absolute atomic E-state index is 14.0. The highest BCUT2D eigenvalue weighted by molar-refractivity contribution is 5.82. The number of hydrogen-bond acceptors (Lipinski definition) is 2. The molecule has 0 amide bonds. The van der Waals surface area contributed by atoms with Gasteiger partial charge >= 0.3 is 0 Å². The standard InChI is InChI=1S/C15H17FN2O/c16-12-8-11-13(17-7-6-15(11)19)9-14(12)18-10-4-2-1-3-5-10/h6-10,18H,1-5H2,(H,17,19). The zero-order chi connectivity index (χ0) is 13.2. The van der Waals surface area contributed by atoms with E-state index in [0.717, 1.165) is 12.8 Å². The highest BCUT2D eigenvalue weighted by atomic mass is 19.1. The smallest absolute Gasteiger partial charge is 0.189 e. The second kappa shape index (κ2) is 5.03. The minimum Gasteiger partial charge on any atom is -0.380 e. The number of benzene rings is 1. The third kappa shape index (κ3) is 2.48. The normalized spacial score (nSPS) is 16.7. The third-order valence-corrected chi connectivity index (χ3v) is 3.81. The van der Waals surface area contributed by atoms with E-state index in [1.165, 1.54) is 31.4 Å². The summed E-state index contributed by atoms with van der Waals surface area (Å²) in [5.74, 6) is -0.352. The molecule has 19 heavy (non-hydrogen) atoms. The monoisotopic (exact) mass is 260 g/mol. The van der Waals surface area contributed by atoms with Gasteiger partial charge in [0.05, 0.1) is 11.2 Å². The van der Waals surface area contributed by atoms with Crippen LogP contribution in [0.2, 0.25) is 0 Å². The van der Waals surface area contributed by atoms with E-state index in [2.05, 4.69) is 10.3 Å². The molecule has 0 aliphatic heterocycles. The average molecular weight is 260 g/mol. The Morgan fingerprint density at radius 2 is 2.00 bits per heavy atom. The van der Waals surface area contributed by atoms with Gasteiger partial charge in [0.1, 0.15) is 5.82 Å². The van der Waals surface area contributed by atoms with Crippen molar-refractivity contribution in [1.29, 1.82) is 0 Å². The Labute approximate surface area is 110 Å². The van der Waals surface area contributed by atoms with Crippen molar-refractivity contribution >= 4 is 16.6 Å². The van der Waals surface area contributed by atoms with E-state index in [-0.39, 0.29) is 11.2 Å². The van der Waals surface area contributed by atoms with Gasteiger partial charge < -0.3 is 10.3 Å². The largest absolute Gasteiger partial charge is 0.380 e. The Kier molecular flexibility index (Phi) is 3.23. The van der Waals surface area contributed by atoms with Crippen LogP contribution in [0.4, 0.5) is 10.1 Å². The fourth-order valence-electron chi connectivity index (χ4n) is 2.77. The number of rotatable bonds is 2. The van der Waals surface area contributed by atoms with Crippen molar-refractivity contribution in [2.24, 2.45) is 0 Å². The summed E-state index contributed by atoms with van der Waals surface area (Å²) in [5, 5.41) is 3.66. The summed E-state index contributed by atoms with van der Waals surface area (Å²) in [4.78, 5) is 14.6. The predicted molar refractivity (Wildman–Crippen MR) is 75.0 cm³/mol. The van der Waals surface area contributed by atoms with Crippen LogP contribution in [0.3, 0.4) is 0 Å². The summed E-state index contributed by atoms with van der Waals surface area (Å²) >= 11 is 0. The van der Waals surface area contributed by atoms with E-state index in [4.69, 9.17) is 0 Å². The lowest BCUT2D eigenvalue weighted by Gasteiger charge is -2.24. The van der Waals surface area contributed by atoms with Crippen molar-refractivity contribution in [2.75, 3.05) is 5.32 Å². The van der Waals surface area contributed by atoms with Crippen LogP contribution in [0.1, 0.15) is 32.1 Å². The Morgan fingerprint density at radius 1 is 1.21 bits per heavy atom. The number of hydrogen-bond donors (Lipinski definition) is 2. The van der Waals surface area contributed by atoms with Gasteiger partial charge in [0.15, 0.2) is 5.43 Å².